The number of nitrogens with zero attached hydrogens (tertiary/aromatic N) is 2. The van der Waals surface area contributed by atoms with Crippen molar-refractivity contribution in [2.24, 2.45) is 4.99 Å². The van der Waals surface area contributed by atoms with E-state index in [1.54, 1.807) is 0 Å². The molecular formula is C12H23ClIN3S. The Morgan fingerprint density at radius 2 is 2.28 bits per heavy atom. The van der Waals surface area contributed by atoms with Crippen LogP contribution in [0.3, 0.4) is 0 Å². The minimum Gasteiger partial charge on any atom is -0.357 e. The molecule has 1 heterocycles. The Morgan fingerprint density at radius 1 is 1.56 bits per heavy atom. The monoisotopic (exact) mass is 403 g/mol. The lowest BCUT2D eigenvalue weighted by Gasteiger charge is -2.34. The molecule has 1 atom stereocenters. The van der Waals surface area contributed by atoms with Gasteiger partial charge in [0, 0.05) is 35.7 Å². The minimum absolute atomic E-state index is 0. The maximum absolute atomic E-state index is 5.76. The second kappa shape index (κ2) is 10.2. The second-order valence-corrected chi connectivity index (χ2v) is 5.98. The van der Waals surface area contributed by atoms with Gasteiger partial charge in [0.05, 0.1) is 6.54 Å². The molecule has 3 nitrogen and oxygen atoms in total. The van der Waals surface area contributed by atoms with Crippen LogP contribution in [0.1, 0.15) is 20.3 Å². The van der Waals surface area contributed by atoms with Gasteiger partial charge in [0.2, 0.25) is 0 Å². The van der Waals surface area contributed by atoms with Crippen LogP contribution in [0.2, 0.25) is 0 Å². The summed E-state index contributed by atoms with van der Waals surface area (Å²) in [4.78, 5) is 6.82. The van der Waals surface area contributed by atoms with Gasteiger partial charge in [-0.15, -0.1) is 24.0 Å². The third kappa shape index (κ3) is 6.52. The summed E-state index contributed by atoms with van der Waals surface area (Å²) in [5, 5.41) is 4.62. The smallest absolute Gasteiger partial charge is 0.194 e. The highest BCUT2D eigenvalue weighted by Gasteiger charge is 2.21. The first-order chi connectivity index (χ1) is 8.17. The van der Waals surface area contributed by atoms with Gasteiger partial charge in [-0.05, 0) is 13.3 Å². The normalized spacial score (nSPS) is 20.3. The number of halogens is 2. The van der Waals surface area contributed by atoms with Crippen molar-refractivity contribution in [3.05, 3.63) is 11.6 Å². The average molecular weight is 404 g/mol. The summed E-state index contributed by atoms with van der Waals surface area (Å²) >= 11 is 7.82. The van der Waals surface area contributed by atoms with E-state index in [1.165, 1.54) is 12.2 Å². The summed E-state index contributed by atoms with van der Waals surface area (Å²) < 4.78 is 0. The van der Waals surface area contributed by atoms with Crippen molar-refractivity contribution in [1.29, 1.82) is 0 Å². The standard InChI is InChI=1S/C12H22ClN3S.HI/c1-4-11-9-16(6-7-17-11)12(14-5-2)15-8-10(3)13;/h11H,3-9H2,1-2H3,(H,14,15);1H. The molecule has 6 heteroatoms. The first kappa shape index (κ1) is 18.4. The molecule has 0 bridgehead atoms. The fourth-order valence-electron chi connectivity index (χ4n) is 1.75. The van der Waals surface area contributed by atoms with Crippen LogP contribution < -0.4 is 5.32 Å². The lowest BCUT2D eigenvalue weighted by Crippen LogP contribution is -2.48. The Labute approximate surface area is 137 Å². The van der Waals surface area contributed by atoms with E-state index in [4.69, 9.17) is 11.6 Å². The van der Waals surface area contributed by atoms with Gasteiger partial charge < -0.3 is 10.2 Å². The van der Waals surface area contributed by atoms with Gasteiger partial charge >= 0.3 is 0 Å². The lowest BCUT2D eigenvalue weighted by molar-refractivity contribution is 0.409. The third-order valence-corrected chi connectivity index (χ3v) is 4.12. The SMILES string of the molecule is C=C(Cl)CN=C(NCC)N1CCSC(CC)C1.I. The molecule has 0 spiro atoms. The van der Waals surface area contributed by atoms with Crippen LogP contribution in [0.15, 0.2) is 16.6 Å². The van der Waals surface area contributed by atoms with Crippen LogP contribution in [0.25, 0.3) is 0 Å². The largest absolute Gasteiger partial charge is 0.357 e. The van der Waals surface area contributed by atoms with Crippen LogP contribution in [-0.4, -0.2) is 48.0 Å². The van der Waals surface area contributed by atoms with Crippen LogP contribution in [0, 0.1) is 0 Å². The molecule has 1 aliphatic rings. The zero-order valence-corrected chi connectivity index (χ0v) is 15.0. The Hall–Kier alpha value is 0.380. The minimum atomic E-state index is 0. The first-order valence-corrected chi connectivity index (χ1v) is 7.58. The highest BCUT2D eigenvalue weighted by atomic mass is 127. The molecule has 1 rings (SSSR count). The Bertz CT molecular complexity index is 286. The molecule has 1 saturated heterocycles. The summed E-state index contributed by atoms with van der Waals surface area (Å²) in [5.74, 6) is 2.14. The van der Waals surface area contributed by atoms with Gasteiger partial charge in [0.15, 0.2) is 5.96 Å². The maximum Gasteiger partial charge on any atom is 0.194 e. The molecular weight excluding hydrogens is 381 g/mol. The van der Waals surface area contributed by atoms with E-state index in [2.05, 4.69) is 47.4 Å². The van der Waals surface area contributed by atoms with E-state index >= 15 is 0 Å². The molecule has 18 heavy (non-hydrogen) atoms. The zero-order chi connectivity index (χ0) is 12.7. The van der Waals surface area contributed by atoms with Crippen molar-refractivity contribution in [2.45, 2.75) is 25.5 Å². The molecule has 1 unspecified atom stereocenters. The van der Waals surface area contributed by atoms with Gasteiger partial charge in [-0.2, -0.15) is 11.8 Å². The van der Waals surface area contributed by atoms with Gasteiger partial charge in [0.1, 0.15) is 0 Å². The van der Waals surface area contributed by atoms with Crippen molar-refractivity contribution in [3.63, 3.8) is 0 Å². The number of aliphatic imine (C=N–C) groups is 1. The number of hydrogen-bond donors (Lipinski definition) is 1. The summed E-state index contributed by atoms with van der Waals surface area (Å²) in [5.41, 5.74) is 0. The predicted molar refractivity (Wildman–Crippen MR) is 94.5 cm³/mol. The van der Waals surface area contributed by atoms with Crippen LogP contribution in [-0.2, 0) is 0 Å². The summed E-state index contributed by atoms with van der Waals surface area (Å²) in [7, 11) is 0. The highest BCUT2D eigenvalue weighted by Crippen LogP contribution is 2.21. The van der Waals surface area contributed by atoms with E-state index in [-0.39, 0.29) is 24.0 Å². The topological polar surface area (TPSA) is 27.6 Å². The van der Waals surface area contributed by atoms with Gasteiger partial charge in [-0.25, -0.2) is 4.99 Å². The first-order valence-electron chi connectivity index (χ1n) is 6.15. The quantitative estimate of drug-likeness (QED) is 0.444. The van der Waals surface area contributed by atoms with Crippen LogP contribution >= 0.6 is 47.3 Å². The Balaban J connectivity index is 0.00000289. The third-order valence-electron chi connectivity index (χ3n) is 2.63. The van der Waals surface area contributed by atoms with Crippen molar-refractivity contribution >= 4 is 53.3 Å². The molecule has 106 valence electrons. The van der Waals surface area contributed by atoms with E-state index in [0.29, 0.717) is 16.8 Å². The fourth-order valence-corrected chi connectivity index (χ4v) is 2.99. The number of thioether (sulfide) groups is 1. The zero-order valence-electron chi connectivity index (χ0n) is 11.1. The van der Waals surface area contributed by atoms with Crippen LogP contribution in [0.4, 0.5) is 0 Å². The lowest BCUT2D eigenvalue weighted by atomic mass is 10.3. The molecule has 1 fully saturated rings. The Kier molecular flexibility index (Phi) is 10.4. The molecule has 0 aromatic heterocycles. The van der Waals surface area contributed by atoms with Crippen molar-refractivity contribution in [3.8, 4) is 0 Å². The van der Waals surface area contributed by atoms with E-state index in [0.717, 1.165) is 25.6 Å². The number of nitrogens with one attached hydrogen (secondary N) is 1. The maximum atomic E-state index is 5.76. The molecule has 1 N–H and O–H groups in total. The highest BCUT2D eigenvalue weighted by molar-refractivity contribution is 14.0. The molecule has 1 aliphatic heterocycles. The second-order valence-electron chi connectivity index (χ2n) is 4.03. The van der Waals surface area contributed by atoms with Crippen molar-refractivity contribution in [1.82, 2.24) is 10.2 Å². The van der Waals surface area contributed by atoms with Gasteiger partial charge in [-0.1, -0.05) is 25.1 Å². The summed E-state index contributed by atoms with van der Waals surface area (Å²) in [6, 6.07) is 0. The van der Waals surface area contributed by atoms with Crippen molar-refractivity contribution in [2.75, 3.05) is 31.9 Å². The molecule has 0 aromatic rings. The van der Waals surface area contributed by atoms with Gasteiger partial charge in [-0.3, -0.25) is 0 Å². The summed E-state index contributed by atoms with van der Waals surface area (Å²) in [6.45, 7) is 11.5. The molecule has 0 amide bonds. The Morgan fingerprint density at radius 3 is 2.83 bits per heavy atom. The molecule has 0 aromatic carbocycles. The summed E-state index contributed by atoms with van der Waals surface area (Å²) in [6.07, 6.45) is 1.21. The van der Waals surface area contributed by atoms with E-state index in [1.807, 2.05) is 0 Å². The molecule has 0 saturated carbocycles. The number of guanidine groups is 1. The average Bonchev–Trinajstić information content (AvgIpc) is 2.34. The van der Waals surface area contributed by atoms with E-state index in [9.17, 15) is 0 Å². The predicted octanol–water partition coefficient (Wildman–Crippen LogP) is 3.15. The molecule has 0 aliphatic carbocycles. The fraction of sp³-hybridized carbons (Fsp3) is 0.750. The van der Waals surface area contributed by atoms with Crippen LogP contribution in [0.5, 0.6) is 0 Å². The number of hydrogen-bond acceptors (Lipinski definition) is 2. The van der Waals surface area contributed by atoms with Crippen molar-refractivity contribution < 1.29 is 0 Å². The molecule has 0 radical (unpaired) electrons. The number of rotatable bonds is 4. The van der Waals surface area contributed by atoms with E-state index < -0.39 is 0 Å². The van der Waals surface area contributed by atoms with Gasteiger partial charge in [0.25, 0.3) is 0 Å².